The largest absolute Gasteiger partial charge is 0.492 e. The Bertz CT molecular complexity index is 529. The third-order valence-electron chi connectivity index (χ3n) is 2.86. The van der Waals surface area contributed by atoms with Crippen LogP contribution < -0.4 is 10.5 Å². The number of unbranched alkanes of at least 4 members (excludes halogenated alkanes) is 1. The van der Waals surface area contributed by atoms with Crippen LogP contribution in [-0.4, -0.2) is 28.1 Å². The van der Waals surface area contributed by atoms with Gasteiger partial charge in [0, 0.05) is 10.7 Å². The number of hydrogen-bond acceptors (Lipinski definition) is 4. The topological polar surface area (TPSA) is 66.0 Å². The van der Waals surface area contributed by atoms with E-state index in [1.807, 2.05) is 35.1 Å². The van der Waals surface area contributed by atoms with E-state index in [0.717, 1.165) is 41.7 Å². The first-order chi connectivity index (χ1) is 9.78. The molecule has 0 aliphatic rings. The van der Waals surface area contributed by atoms with E-state index in [-0.39, 0.29) is 0 Å². The summed E-state index contributed by atoms with van der Waals surface area (Å²) in [6.07, 6.45) is 4.99. The van der Waals surface area contributed by atoms with Gasteiger partial charge in [0.2, 0.25) is 0 Å². The molecule has 0 fully saturated rings. The molecule has 5 nitrogen and oxygen atoms in total. The van der Waals surface area contributed by atoms with Crippen LogP contribution in [0.25, 0.3) is 0 Å². The van der Waals surface area contributed by atoms with Gasteiger partial charge < -0.3 is 10.5 Å². The van der Waals surface area contributed by atoms with Gasteiger partial charge in [-0.3, -0.25) is 0 Å². The van der Waals surface area contributed by atoms with E-state index in [4.69, 9.17) is 10.5 Å². The van der Waals surface area contributed by atoms with Crippen molar-refractivity contribution in [3.05, 3.63) is 40.6 Å². The number of rotatable bonds is 8. The van der Waals surface area contributed by atoms with Crippen molar-refractivity contribution in [2.24, 2.45) is 5.73 Å². The molecule has 0 aliphatic heterocycles. The number of nitrogens with two attached hydrogens (primary N) is 1. The fraction of sp³-hybridized carbons (Fsp3) is 0.429. The van der Waals surface area contributed by atoms with Gasteiger partial charge in [0.25, 0.3) is 0 Å². The van der Waals surface area contributed by atoms with Crippen molar-refractivity contribution in [1.82, 2.24) is 15.0 Å². The molecule has 2 aromatic rings. The summed E-state index contributed by atoms with van der Waals surface area (Å²) < 4.78 is 8.49. The number of halogens is 1. The van der Waals surface area contributed by atoms with Gasteiger partial charge in [0.15, 0.2) is 0 Å². The fourth-order valence-corrected chi connectivity index (χ4v) is 2.20. The second kappa shape index (κ2) is 8.01. The van der Waals surface area contributed by atoms with E-state index in [0.29, 0.717) is 13.2 Å². The molecule has 108 valence electrons. The highest BCUT2D eigenvalue weighted by atomic mass is 79.9. The predicted molar refractivity (Wildman–Crippen MR) is 81.7 cm³/mol. The Morgan fingerprint density at radius 2 is 2.20 bits per heavy atom. The lowest BCUT2D eigenvalue weighted by Gasteiger charge is -2.05. The maximum Gasteiger partial charge on any atom is 0.120 e. The molecule has 2 rings (SSSR count). The number of nitrogens with zero attached hydrogens (tertiary/aromatic N) is 3. The lowest BCUT2D eigenvalue weighted by Crippen LogP contribution is -2.08. The zero-order valence-electron chi connectivity index (χ0n) is 11.3. The molecule has 1 aromatic carbocycles. The van der Waals surface area contributed by atoms with Crippen LogP contribution in [0.1, 0.15) is 18.5 Å². The summed E-state index contributed by atoms with van der Waals surface area (Å²) in [5, 5.41) is 8.23. The standard InChI is InChI=1S/C14H19BrN4O/c15-12-4-3-6-14(10-12)20-9-8-19-11-13(17-18-19)5-1-2-7-16/h3-4,6,10-11H,1-2,5,7-9,16H2. The summed E-state index contributed by atoms with van der Waals surface area (Å²) in [5.41, 5.74) is 6.48. The summed E-state index contributed by atoms with van der Waals surface area (Å²) in [6.45, 7) is 1.99. The monoisotopic (exact) mass is 338 g/mol. The molecule has 1 heterocycles. The van der Waals surface area contributed by atoms with E-state index < -0.39 is 0 Å². The van der Waals surface area contributed by atoms with E-state index in [1.54, 1.807) is 0 Å². The van der Waals surface area contributed by atoms with Crippen molar-refractivity contribution in [3.8, 4) is 5.75 Å². The second-order valence-electron chi connectivity index (χ2n) is 4.52. The summed E-state index contributed by atoms with van der Waals surface area (Å²) >= 11 is 3.42. The maximum atomic E-state index is 5.66. The first kappa shape index (κ1) is 15.0. The van der Waals surface area contributed by atoms with E-state index in [1.165, 1.54) is 0 Å². The van der Waals surface area contributed by atoms with Crippen molar-refractivity contribution < 1.29 is 4.74 Å². The lowest BCUT2D eigenvalue weighted by molar-refractivity contribution is 0.289. The summed E-state index contributed by atoms with van der Waals surface area (Å²) in [4.78, 5) is 0. The smallest absolute Gasteiger partial charge is 0.120 e. The molecule has 0 bridgehead atoms. The summed E-state index contributed by atoms with van der Waals surface area (Å²) in [5.74, 6) is 0.850. The van der Waals surface area contributed by atoms with Crippen LogP contribution in [-0.2, 0) is 13.0 Å². The minimum Gasteiger partial charge on any atom is -0.492 e. The molecule has 0 unspecified atom stereocenters. The molecule has 0 aliphatic carbocycles. The van der Waals surface area contributed by atoms with Crippen LogP contribution >= 0.6 is 15.9 Å². The maximum absolute atomic E-state index is 5.66. The van der Waals surface area contributed by atoms with Gasteiger partial charge in [-0.2, -0.15) is 0 Å². The van der Waals surface area contributed by atoms with E-state index >= 15 is 0 Å². The van der Waals surface area contributed by atoms with Gasteiger partial charge in [0.05, 0.1) is 12.2 Å². The van der Waals surface area contributed by atoms with Crippen LogP contribution in [0.15, 0.2) is 34.9 Å². The van der Waals surface area contributed by atoms with Crippen molar-refractivity contribution in [3.63, 3.8) is 0 Å². The van der Waals surface area contributed by atoms with Crippen molar-refractivity contribution in [1.29, 1.82) is 0 Å². The number of benzene rings is 1. The van der Waals surface area contributed by atoms with Crippen molar-refractivity contribution in [2.45, 2.75) is 25.8 Å². The van der Waals surface area contributed by atoms with Gasteiger partial charge in [0.1, 0.15) is 12.4 Å². The Morgan fingerprint density at radius 3 is 3.00 bits per heavy atom. The molecule has 0 saturated carbocycles. The lowest BCUT2D eigenvalue weighted by atomic mass is 10.2. The minimum atomic E-state index is 0.571. The number of hydrogen-bond donors (Lipinski definition) is 1. The predicted octanol–water partition coefficient (Wildman–Crippen LogP) is 2.40. The van der Waals surface area contributed by atoms with Gasteiger partial charge in [-0.15, -0.1) is 5.10 Å². The molecule has 0 spiro atoms. The molecule has 20 heavy (non-hydrogen) atoms. The normalized spacial score (nSPS) is 10.7. The Hall–Kier alpha value is -1.40. The van der Waals surface area contributed by atoms with Crippen molar-refractivity contribution in [2.75, 3.05) is 13.2 Å². The average Bonchev–Trinajstić information content (AvgIpc) is 2.87. The number of aromatic nitrogens is 3. The van der Waals surface area contributed by atoms with Gasteiger partial charge >= 0.3 is 0 Å². The van der Waals surface area contributed by atoms with Crippen molar-refractivity contribution >= 4 is 15.9 Å². The highest BCUT2D eigenvalue weighted by Crippen LogP contribution is 2.17. The summed E-state index contributed by atoms with van der Waals surface area (Å²) in [7, 11) is 0. The Kier molecular flexibility index (Phi) is 6.01. The van der Waals surface area contributed by atoms with Crippen LogP contribution in [0.5, 0.6) is 5.75 Å². The number of ether oxygens (including phenoxy) is 1. The van der Waals surface area contributed by atoms with E-state index in [2.05, 4.69) is 26.2 Å². The number of aryl methyl sites for hydroxylation is 1. The van der Waals surface area contributed by atoms with Gasteiger partial charge in [-0.1, -0.05) is 27.2 Å². The SMILES string of the molecule is NCCCCc1cn(CCOc2cccc(Br)c2)nn1. The quantitative estimate of drug-likeness (QED) is 0.750. The summed E-state index contributed by atoms with van der Waals surface area (Å²) in [6, 6.07) is 7.80. The Morgan fingerprint density at radius 1 is 1.30 bits per heavy atom. The third kappa shape index (κ3) is 4.94. The van der Waals surface area contributed by atoms with Crippen LogP contribution in [0.3, 0.4) is 0 Å². The average molecular weight is 339 g/mol. The van der Waals surface area contributed by atoms with Gasteiger partial charge in [-0.05, 0) is 44.0 Å². The molecule has 0 saturated heterocycles. The highest BCUT2D eigenvalue weighted by Gasteiger charge is 2.01. The molecular weight excluding hydrogens is 320 g/mol. The molecular formula is C14H19BrN4O. The Labute approximate surface area is 127 Å². The van der Waals surface area contributed by atoms with Crippen LogP contribution in [0.4, 0.5) is 0 Å². The zero-order chi connectivity index (χ0) is 14.2. The molecule has 2 N–H and O–H groups in total. The van der Waals surface area contributed by atoms with E-state index in [9.17, 15) is 0 Å². The third-order valence-corrected chi connectivity index (χ3v) is 3.35. The first-order valence-electron chi connectivity index (χ1n) is 6.75. The molecule has 6 heteroatoms. The fourth-order valence-electron chi connectivity index (χ4n) is 1.83. The molecule has 1 aromatic heterocycles. The second-order valence-corrected chi connectivity index (χ2v) is 5.44. The Balaban J connectivity index is 1.74. The highest BCUT2D eigenvalue weighted by molar-refractivity contribution is 9.10. The molecule has 0 atom stereocenters. The zero-order valence-corrected chi connectivity index (χ0v) is 12.9. The van der Waals surface area contributed by atoms with Gasteiger partial charge in [-0.25, -0.2) is 4.68 Å². The minimum absolute atomic E-state index is 0.571. The van der Waals surface area contributed by atoms with Crippen LogP contribution in [0.2, 0.25) is 0 Å². The molecule has 0 radical (unpaired) electrons. The molecule has 0 amide bonds. The van der Waals surface area contributed by atoms with Crippen LogP contribution in [0, 0.1) is 0 Å². The first-order valence-corrected chi connectivity index (χ1v) is 7.54.